The molecule has 1 aromatic heterocycles. The van der Waals surface area contributed by atoms with Crippen LogP contribution in [-0.2, 0) is 17.8 Å². The van der Waals surface area contributed by atoms with Gasteiger partial charge in [-0.25, -0.2) is 9.37 Å². The number of hydrogen-bond donors (Lipinski definition) is 2. The topological polar surface area (TPSA) is 76.0 Å². The molecule has 0 aliphatic rings. The highest BCUT2D eigenvalue weighted by Gasteiger charge is 2.15. The van der Waals surface area contributed by atoms with Crippen LogP contribution in [0.3, 0.4) is 0 Å². The highest BCUT2D eigenvalue weighted by molar-refractivity contribution is 6.33. The fourth-order valence-corrected chi connectivity index (χ4v) is 3.62. The molecule has 0 spiro atoms. The van der Waals surface area contributed by atoms with E-state index in [2.05, 4.69) is 15.6 Å². The molecule has 0 saturated carbocycles. The molecule has 2 N–H and O–H groups in total. The van der Waals surface area contributed by atoms with Gasteiger partial charge in [0.25, 0.3) is 5.91 Å². The van der Waals surface area contributed by atoms with Gasteiger partial charge in [-0.1, -0.05) is 35.9 Å². The lowest BCUT2D eigenvalue weighted by Crippen LogP contribution is -2.27. The zero-order valence-corrected chi connectivity index (χ0v) is 17.8. The first-order valence-corrected chi connectivity index (χ1v) is 10.4. The quantitative estimate of drug-likeness (QED) is 0.437. The number of benzene rings is 3. The first-order chi connectivity index (χ1) is 15.5. The van der Waals surface area contributed by atoms with E-state index in [0.717, 1.165) is 11.0 Å². The number of nitrogens with zero attached hydrogens (tertiary/aromatic N) is 2. The van der Waals surface area contributed by atoms with Crippen LogP contribution < -0.4 is 10.6 Å². The van der Waals surface area contributed by atoms with Gasteiger partial charge < -0.3 is 15.2 Å². The Morgan fingerprint density at radius 1 is 0.969 bits per heavy atom. The van der Waals surface area contributed by atoms with Crippen molar-refractivity contribution >= 4 is 40.1 Å². The van der Waals surface area contributed by atoms with Gasteiger partial charge >= 0.3 is 0 Å². The molecule has 3 aromatic carbocycles. The third kappa shape index (κ3) is 4.95. The lowest BCUT2D eigenvalue weighted by atomic mass is 10.2. The molecule has 2 amide bonds. The minimum absolute atomic E-state index is 0.0334. The van der Waals surface area contributed by atoms with Crippen LogP contribution >= 0.6 is 11.6 Å². The van der Waals surface area contributed by atoms with Gasteiger partial charge in [-0.2, -0.15) is 0 Å². The molecule has 0 saturated heterocycles. The Balaban J connectivity index is 1.47. The van der Waals surface area contributed by atoms with Crippen LogP contribution in [0.5, 0.6) is 0 Å². The fourth-order valence-electron chi connectivity index (χ4n) is 3.40. The number of carbonyl (C=O) groups is 2. The zero-order chi connectivity index (χ0) is 22.5. The van der Waals surface area contributed by atoms with Gasteiger partial charge in [0.2, 0.25) is 5.91 Å². The van der Waals surface area contributed by atoms with E-state index in [4.69, 9.17) is 11.6 Å². The van der Waals surface area contributed by atoms with Crippen molar-refractivity contribution < 1.29 is 14.0 Å². The number of carbonyl (C=O) groups excluding carboxylic acids is 2. The van der Waals surface area contributed by atoms with E-state index in [1.54, 1.807) is 24.3 Å². The van der Waals surface area contributed by atoms with Crippen molar-refractivity contribution in [3.05, 3.63) is 95.0 Å². The van der Waals surface area contributed by atoms with Crippen molar-refractivity contribution in [2.75, 3.05) is 11.9 Å². The smallest absolute Gasteiger partial charge is 0.252 e. The van der Waals surface area contributed by atoms with Gasteiger partial charge in [-0.15, -0.1) is 0 Å². The Labute approximate surface area is 189 Å². The molecule has 0 aliphatic heterocycles. The molecule has 0 aliphatic carbocycles. The summed E-state index contributed by atoms with van der Waals surface area (Å²) >= 11 is 6.08. The van der Waals surface area contributed by atoms with Crippen LogP contribution in [0.4, 0.5) is 10.1 Å². The second-order valence-corrected chi connectivity index (χ2v) is 7.55. The molecule has 1 heterocycles. The summed E-state index contributed by atoms with van der Waals surface area (Å²) < 4.78 is 14.9. The minimum atomic E-state index is -0.371. The number of aromatic nitrogens is 2. The van der Waals surface area contributed by atoms with Gasteiger partial charge in [-0.3, -0.25) is 9.59 Å². The van der Waals surface area contributed by atoms with Crippen LogP contribution in [0.2, 0.25) is 5.02 Å². The molecule has 0 bridgehead atoms. The molecule has 0 unspecified atom stereocenters. The highest BCUT2D eigenvalue weighted by Crippen LogP contribution is 2.18. The van der Waals surface area contributed by atoms with E-state index in [-0.39, 0.29) is 24.2 Å². The molecular formula is C24H20ClFN4O2. The number of halogens is 2. The lowest BCUT2D eigenvalue weighted by Gasteiger charge is -2.11. The second kappa shape index (κ2) is 9.62. The number of imidazole rings is 1. The minimum Gasteiger partial charge on any atom is -0.352 e. The Morgan fingerprint density at radius 2 is 1.69 bits per heavy atom. The third-order valence-electron chi connectivity index (χ3n) is 4.92. The fraction of sp³-hybridized carbons (Fsp3) is 0.125. The molecule has 4 rings (SSSR count). The van der Waals surface area contributed by atoms with E-state index in [1.165, 1.54) is 24.3 Å². The van der Waals surface area contributed by atoms with E-state index >= 15 is 0 Å². The summed E-state index contributed by atoms with van der Waals surface area (Å²) in [6.45, 7) is 0.360. The molecule has 8 heteroatoms. The number of amides is 2. The predicted octanol–water partition coefficient (Wildman–Crippen LogP) is 4.44. The first-order valence-electron chi connectivity index (χ1n) is 10.0. The third-order valence-corrected chi connectivity index (χ3v) is 5.25. The maximum Gasteiger partial charge on any atom is 0.252 e. The van der Waals surface area contributed by atoms with Crippen molar-refractivity contribution in [1.29, 1.82) is 0 Å². The summed E-state index contributed by atoms with van der Waals surface area (Å²) in [5.41, 5.74) is 2.49. The van der Waals surface area contributed by atoms with Gasteiger partial charge in [0, 0.05) is 18.7 Å². The molecule has 32 heavy (non-hydrogen) atoms. The first kappa shape index (κ1) is 21.5. The molecule has 0 fully saturated rings. The van der Waals surface area contributed by atoms with E-state index in [0.29, 0.717) is 35.1 Å². The Bertz CT molecular complexity index is 1270. The molecule has 162 valence electrons. The second-order valence-electron chi connectivity index (χ2n) is 7.14. The number of rotatable bonds is 7. The average Bonchev–Trinajstić information content (AvgIpc) is 3.13. The standard InChI is InChI=1S/C24H20ClFN4O2/c25-19-6-2-1-5-18(19)24(32)27-14-13-22-29-20-7-3-4-8-21(20)30(22)15-23(31)28-17-11-9-16(26)10-12-17/h1-12H,13-15H2,(H,27,32)(H,28,31). The largest absolute Gasteiger partial charge is 0.352 e. The van der Waals surface area contributed by atoms with Crippen molar-refractivity contribution in [1.82, 2.24) is 14.9 Å². The van der Waals surface area contributed by atoms with Crippen LogP contribution in [0.25, 0.3) is 11.0 Å². The zero-order valence-electron chi connectivity index (χ0n) is 17.0. The molecule has 6 nitrogen and oxygen atoms in total. The summed E-state index contributed by atoms with van der Waals surface area (Å²) in [5, 5.41) is 5.99. The molecular weight excluding hydrogens is 431 g/mol. The summed E-state index contributed by atoms with van der Waals surface area (Å²) in [4.78, 5) is 29.7. The maximum atomic E-state index is 13.1. The summed E-state index contributed by atoms with van der Waals surface area (Å²) in [5.74, 6) is -0.238. The van der Waals surface area contributed by atoms with Crippen LogP contribution in [-0.4, -0.2) is 27.9 Å². The molecule has 0 radical (unpaired) electrons. The Morgan fingerprint density at radius 3 is 2.47 bits per heavy atom. The lowest BCUT2D eigenvalue weighted by molar-refractivity contribution is -0.116. The Kier molecular flexibility index (Phi) is 6.47. The average molecular weight is 451 g/mol. The van der Waals surface area contributed by atoms with Crippen molar-refractivity contribution in [2.45, 2.75) is 13.0 Å². The summed E-state index contributed by atoms with van der Waals surface area (Å²) in [6, 6.07) is 19.9. The number of para-hydroxylation sites is 2. The normalized spacial score (nSPS) is 10.8. The highest BCUT2D eigenvalue weighted by atomic mass is 35.5. The number of nitrogens with one attached hydrogen (secondary N) is 2. The molecule has 0 atom stereocenters. The van der Waals surface area contributed by atoms with Crippen LogP contribution in [0.15, 0.2) is 72.8 Å². The predicted molar refractivity (Wildman–Crippen MR) is 122 cm³/mol. The maximum absolute atomic E-state index is 13.1. The van der Waals surface area contributed by atoms with Crippen molar-refractivity contribution in [3.63, 3.8) is 0 Å². The van der Waals surface area contributed by atoms with E-state index < -0.39 is 0 Å². The SMILES string of the molecule is O=C(Cn1c(CCNC(=O)c2ccccc2Cl)nc2ccccc21)Nc1ccc(F)cc1. The van der Waals surface area contributed by atoms with Crippen molar-refractivity contribution in [2.24, 2.45) is 0 Å². The van der Waals surface area contributed by atoms with Gasteiger partial charge in [0.15, 0.2) is 0 Å². The number of anilines is 1. The summed E-state index contributed by atoms with van der Waals surface area (Å²) in [7, 11) is 0. The van der Waals surface area contributed by atoms with Gasteiger partial charge in [-0.05, 0) is 48.5 Å². The Hall–Kier alpha value is -3.71. The van der Waals surface area contributed by atoms with Crippen LogP contribution in [0.1, 0.15) is 16.2 Å². The monoisotopic (exact) mass is 450 g/mol. The summed E-state index contributed by atoms with van der Waals surface area (Å²) in [6.07, 6.45) is 0.425. The van der Waals surface area contributed by atoms with E-state index in [1.807, 2.05) is 28.8 Å². The molecule has 4 aromatic rings. The number of hydrogen-bond acceptors (Lipinski definition) is 3. The van der Waals surface area contributed by atoms with Crippen molar-refractivity contribution in [3.8, 4) is 0 Å². The van der Waals surface area contributed by atoms with Gasteiger partial charge in [0.05, 0.1) is 21.6 Å². The number of fused-ring (bicyclic) bond motifs is 1. The van der Waals surface area contributed by atoms with Crippen LogP contribution in [0, 0.1) is 5.82 Å². The van der Waals surface area contributed by atoms with Gasteiger partial charge in [0.1, 0.15) is 18.2 Å². The van der Waals surface area contributed by atoms with E-state index in [9.17, 15) is 14.0 Å².